The zero-order valence-corrected chi connectivity index (χ0v) is 8.09. The summed E-state index contributed by atoms with van der Waals surface area (Å²) in [6.45, 7) is 1.000. The number of aromatic nitrogens is 2. The van der Waals surface area contributed by atoms with Gasteiger partial charge in [-0.3, -0.25) is 0 Å². The number of rotatable bonds is 5. The molecular formula is C11H15N3. The van der Waals surface area contributed by atoms with Crippen molar-refractivity contribution >= 4 is 5.82 Å². The van der Waals surface area contributed by atoms with E-state index in [0.717, 1.165) is 25.2 Å². The van der Waals surface area contributed by atoms with E-state index in [1.54, 1.807) is 0 Å². The average Bonchev–Trinajstić information content (AvgIpc) is 2.86. The molecule has 2 aromatic heterocycles. The van der Waals surface area contributed by atoms with Crippen molar-refractivity contribution in [2.45, 2.75) is 12.8 Å². The van der Waals surface area contributed by atoms with Crippen LogP contribution < -0.4 is 5.32 Å². The number of anilines is 1. The van der Waals surface area contributed by atoms with Gasteiger partial charge in [0.1, 0.15) is 5.82 Å². The topological polar surface area (TPSA) is 43.6 Å². The number of aryl methyl sites for hydroxylation is 1. The molecule has 2 aromatic rings. The fourth-order valence-electron chi connectivity index (χ4n) is 1.47. The smallest absolute Gasteiger partial charge is 0.103 e. The fraction of sp³-hybridized carbons (Fsp3) is 0.273. The molecule has 3 heteroatoms. The first-order chi connectivity index (χ1) is 6.95. The summed E-state index contributed by atoms with van der Waals surface area (Å²) in [5, 5.41) is 3.32. The summed E-state index contributed by atoms with van der Waals surface area (Å²) in [7, 11) is 0. The quantitative estimate of drug-likeness (QED) is 0.621. The van der Waals surface area contributed by atoms with Gasteiger partial charge in [0.25, 0.3) is 0 Å². The van der Waals surface area contributed by atoms with E-state index in [2.05, 4.69) is 21.4 Å². The highest BCUT2D eigenvalue weighted by Gasteiger charge is 1.93. The van der Waals surface area contributed by atoms with E-state index in [0.29, 0.717) is 0 Å². The highest BCUT2D eigenvalue weighted by atomic mass is 15.0. The largest absolute Gasteiger partial charge is 0.372 e. The van der Waals surface area contributed by atoms with Crippen molar-refractivity contribution in [2.24, 2.45) is 0 Å². The Labute approximate surface area is 83.6 Å². The maximum absolute atomic E-state index is 3.32. The van der Waals surface area contributed by atoms with Gasteiger partial charge in [0.15, 0.2) is 0 Å². The van der Waals surface area contributed by atoms with Gasteiger partial charge in [-0.1, -0.05) is 0 Å². The minimum atomic E-state index is 1.000. The van der Waals surface area contributed by atoms with Crippen LogP contribution in [0.3, 0.4) is 0 Å². The summed E-state index contributed by atoms with van der Waals surface area (Å²) in [5.41, 5.74) is 1.30. The van der Waals surface area contributed by atoms with Crippen molar-refractivity contribution in [2.75, 3.05) is 11.9 Å². The SMILES string of the molecule is c1c[nH]c(CCCNc2ccc[nH]2)c1. The van der Waals surface area contributed by atoms with Gasteiger partial charge in [0, 0.05) is 24.6 Å². The van der Waals surface area contributed by atoms with Crippen molar-refractivity contribution in [3.05, 3.63) is 42.4 Å². The number of hydrogen-bond acceptors (Lipinski definition) is 1. The summed E-state index contributed by atoms with van der Waals surface area (Å²) in [5.74, 6) is 1.09. The Morgan fingerprint density at radius 3 is 2.64 bits per heavy atom. The molecule has 0 radical (unpaired) electrons. The molecule has 0 saturated carbocycles. The summed E-state index contributed by atoms with van der Waals surface area (Å²) in [6, 6.07) is 8.18. The van der Waals surface area contributed by atoms with E-state index in [1.165, 1.54) is 5.69 Å². The van der Waals surface area contributed by atoms with E-state index in [1.807, 2.05) is 30.6 Å². The van der Waals surface area contributed by atoms with Crippen LogP contribution in [0.5, 0.6) is 0 Å². The second kappa shape index (κ2) is 4.56. The van der Waals surface area contributed by atoms with E-state index >= 15 is 0 Å². The van der Waals surface area contributed by atoms with Gasteiger partial charge in [0.05, 0.1) is 0 Å². The predicted octanol–water partition coefficient (Wildman–Crippen LogP) is 2.39. The molecule has 2 heterocycles. The number of H-pyrrole nitrogens is 2. The molecule has 14 heavy (non-hydrogen) atoms. The maximum Gasteiger partial charge on any atom is 0.103 e. The van der Waals surface area contributed by atoms with Crippen molar-refractivity contribution in [1.82, 2.24) is 9.97 Å². The first-order valence-electron chi connectivity index (χ1n) is 4.95. The summed E-state index contributed by atoms with van der Waals surface area (Å²) in [4.78, 5) is 6.31. The molecule has 0 aliphatic heterocycles. The van der Waals surface area contributed by atoms with E-state index < -0.39 is 0 Å². The zero-order chi connectivity index (χ0) is 9.64. The van der Waals surface area contributed by atoms with Crippen molar-refractivity contribution in [3.63, 3.8) is 0 Å². The van der Waals surface area contributed by atoms with Gasteiger partial charge in [-0.15, -0.1) is 0 Å². The molecule has 0 fully saturated rings. The van der Waals surface area contributed by atoms with E-state index in [4.69, 9.17) is 0 Å². The van der Waals surface area contributed by atoms with Crippen LogP contribution in [0.1, 0.15) is 12.1 Å². The molecule has 0 saturated heterocycles. The molecule has 74 valence electrons. The van der Waals surface area contributed by atoms with Crippen LogP contribution in [0.2, 0.25) is 0 Å². The summed E-state index contributed by atoms with van der Waals surface area (Å²) >= 11 is 0. The van der Waals surface area contributed by atoms with Crippen molar-refractivity contribution in [1.29, 1.82) is 0 Å². The minimum Gasteiger partial charge on any atom is -0.372 e. The number of aromatic amines is 2. The Balaban J connectivity index is 1.65. The molecule has 3 nitrogen and oxygen atoms in total. The Morgan fingerprint density at radius 2 is 1.93 bits per heavy atom. The zero-order valence-electron chi connectivity index (χ0n) is 8.09. The van der Waals surface area contributed by atoms with Crippen molar-refractivity contribution < 1.29 is 0 Å². The third-order valence-corrected chi connectivity index (χ3v) is 2.20. The third kappa shape index (κ3) is 2.42. The Bertz CT molecular complexity index is 298. The van der Waals surface area contributed by atoms with Crippen LogP contribution in [-0.4, -0.2) is 16.5 Å². The summed E-state index contributed by atoms with van der Waals surface area (Å²) in [6.07, 6.45) is 6.13. The highest BCUT2D eigenvalue weighted by molar-refractivity contribution is 5.33. The normalized spacial score (nSPS) is 10.3. The Hall–Kier alpha value is -1.64. The van der Waals surface area contributed by atoms with Crippen LogP contribution >= 0.6 is 0 Å². The van der Waals surface area contributed by atoms with Crippen molar-refractivity contribution in [3.8, 4) is 0 Å². The first kappa shape index (κ1) is 8.94. The molecular weight excluding hydrogens is 174 g/mol. The predicted molar refractivity (Wildman–Crippen MR) is 58.4 cm³/mol. The van der Waals surface area contributed by atoms with Crippen LogP contribution in [0.15, 0.2) is 36.7 Å². The van der Waals surface area contributed by atoms with Gasteiger partial charge in [-0.05, 0) is 37.1 Å². The van der Waals surface area contributed by atoms with Gasteiger partial charge in [0.2, 0.25) is 0 Å². The van der Waals surface area contributed by atoms with E-state index in [-0.39, 0.29) is 0 Å². The molecule has 0 unspecified atom stereocenters. The molecule has 2 rings (SSSR count). The monoisotopic (exact) mass is 189 g/mol. The molecule has 0 amide bonds. The maximum atomic E-state index is 3.32. The highest BCUT2D eigenvalue weighted by Crippen LogP contribution is 2.03. The lowest BCUT2D eigenvalue weighted by atomic mass is 10.2. The molecule has 0 aliphatic carbocycles. The number of hydrogen-bond donors (Lipinski definition) is 3. The third-order valence-electron chi connectivity index (χ3n) is 2.20. The molecule has 0 bridgehead atoms. The molecule has 0 aromatic carbocycles. The average molecular weight is 189 g/mol. The Kier molecular flexibility index (Phi) is 2.91. The molecule has 0 aliphatic rings. The lowest BCUT2D eigenvalue weighted by Crippen LogP contribution is -2.03. The molecule has 0 atom stereocenters. The second-order valence-electron chi connectivity index (χ2n) is 3.31. The second-order valence-corrected chi connectivity index (χ2v) is 3.31. The lowest BCUT2D eigenvalue weighted by Gasteiger charge is -2.02. The minimum absolute atomic E-state index is 1.000. The van der Waals surface area contributed by atoms with Gasteiger partial charge < -0.3 is 15.3 Å². The summed E-state index contributed by atoms with van der Waals surface area (Å²) < 4.78 is 0. The van der Waals surface area contributed by atoms with Crippen LogP contribution in [0, 0.1) is 0 Å². The van der Waals surface area contributed by atoms with Crippen LogP contribution in [-0.2, 0) is 6.42 Å². The fourth-order valence-corrected chi connectivity index (χ4v) is 1.47. The lowest BCUT2D eigenvalue weighted by molar-refractivity contribution is 0.840. The molecule has 3 N–H and O–H groups in total. The molecule has 0 spiro atoms. The standard InChI is InChI=1S/C11H15N3/c1-4-10(12-7-1)5-2-8-13-11-6-3-9-14-11/h1,3-4,6-7,9,12-14H,2,5,8H2. The Morgan fingerprint density at radius 1 is 1.07 bits per heavy atom. The van der Waals surface area contributed by atoms with E-state index in [9.17, 15) is 0 Å². The van der Waals surface area contributed by atoms with Crippen LogP contribution in [0.25, 0.3) is 0 Å². The first-order valence-corrected chi connectivity index (χ1v) is 4.95. The van der Waals surface area contributed by atoms with Gasteiger partial charge in [-0.2, -0.15) is 0 Å². The van der Waals surface area contributed by atoms with Crippen LogP contribution in [0.4, 0.5) is 5.82 Å². The number of nitrogens with one attached hydrogen (secondary N) is 3. The van der Waals surface area contributed by atoms with Gasteiger partial charge in [-0.25, -0.2) is 0 Å². The van der Waals surface area contributed by atoms with Gasteiger partial charge >= 0.3 is 0 Å².